The SMILES string of the molecule is CCOC(=O)C1(C(=O)OCC)CC2=C(C)C(=O)[C@@H](C)[C@@H]2C1. The van der Waals surface area contributed by atoms with Crippen LogP contribution < -0.4 is 0 Å². The van der Waals surface area contributed by atoms with Gasteiger partial charge >= 0.3 is 11.9 Å². The summed E-state index contributed by atoms with van der Waals surface area (Å²) in [6.45, 7) is 7.50. The summed E-state index contributed by atoms with van der Waals surface area (Å²) in [5, 5.41) is 0. The summed E-state index contributed by atoms with van der Waals surface area (Å²) in [4.78, 5) is 36.8. The Bertz CT molecular complexity index is 499. The van der Waals surface area contributed by atoms with Crippen molar-refractivity contribution in [3.8, 4) is 0 Å². The van der Waals surface area contributed by atoms with E-state index in [1.54, 1.807) is 20.8 Å². The van der Waals surface area contributed by atoms with Crippen molar-refractivity contribution in [3.63, 3.8) is 0 Å². The van der Waals surface area contributed by atoms with Crippen molar-refractivity contribution >= 4 is 17.7 Å². The molecule has 0 aromatic carbocycles. The Morgan fingerprint density at radius 1 is 1.19 bits per heavy atom. The molecule has 5 nitrogen and oxygen atoms in total. The van der Waals surface area contributed by atoms with Gasteiger partial charge in [-0.3, -0.25) is 14.4 Å². The second-order valence-electron chi connectivity index (χ2n) is 5.81. The summed E-state index contributed by atoms with van der Waals surface area (Å²) in [6.07, 6.45) is 0.557. The molecule has 2 aliphatic rings. The summed E-state index contributed by atoms with van der Waals surface area (Å²) in [5.74, 6) is -1.16. The average molecular weight is 294 g/mol. The van der Waals surface area contributed by atoms with E-state index in [4.69, 9.17) is 9.47 Å². The summed E-state index contributed by atoms with van der Waals surface area (Å²) >= 11 is 0. The van der Waals surface area contributed by atoms with E-state index in [0.717, 1.165) is 5.57 Å². The number of fused-ring (bicyclic) bond motifs is 1. The van der Waals surface area contributed by atoms with Crippen molar-refractivity contribution in [3.05, 3.63) is 11.1 Å². The van der Waals surface area contributed by atoms with E-state index in [2.05, 4.69) is 0 Å². The molecule has 0 N–H and O–H groups in total. The summed E-state index contributed by atoms with van der Waals surface area (Å²) in [6, 6.07) is 0. The van der Waals surface area contributed by atoms with Crippen LogP contribution in [0.3, 0.4) is 0 Å². The van der Waals surface area contributed by atoms with Crippen molar-refractivity contribution in [2.45, 2.75) is 40.5 Å². The summed E-state index contributed by atoms with van der Waals surface area (Å²) in [5.41, 5.74) is 0.346. The van der Waals surface area contributed by atoms with Gasteiger partial charge in [-0.2, -0.15) is 0 Å². The Labute approximate surface area is 124 Å². The van der Waals surface area contributed by atoms with Gasteiger partial charge in [-0.25, -0.2) is 0 Å². The molecule has 0 heterocycles. The highest BCUT2D eigenvalue weighted by Gasteiger charge is 2.59. The molecule has 0 radical (unpaired) electrons. The third-order valence-electron chi connectivity index (χ3n) is 4.71. The largest absolute Gasteiger partial charge is 0.465 e. The fraction of sp³-hybridized carbons (Fsp3) is 0.688. The minimum absolute atomic E-state index is 0.0497. The first-order chi connectivity index (χ1) is 9.89. The number of Topliss-reactive ketones (excluding diaryl/α,β-unsaturated/α-hetero) is 1. The molecule has 2 rings (SSSR count). The number of hydrogen-bond donors (Lipinski definition) is 0. The average Bonchev–Trinajstić information content (AvgIpc) is 2.94. The molecule has 0 amide bonds. The van der Waals surface area contributed by atoms with Crippen LogP contribution in [0.2, 0.25) is 0 Å². The van der Waals surface area contributed by atoms with Crippen LogP contribution in [0, 0.1) is 17.3 Å². The van der Waals surface area contributed by atoms with Crippen molar-refractivity contribution in [1.29, 1.82) is 0 Å². The van der Waals surface area contributed by atoms with Gasteiger partial charge in [0.25, 0.3) is 0 Å². The monoisotopic (exact) mass is 294 g/mol. The van der Waals surface area contributed by atoms with Crippen LogP contribution in [0.15, 0.2) is 11.1 Å². The Morgan fingerprint density at radius 3 is 2.14 bits per heavy atom. The second kappa shape index (κ2) is 5.62. The van der Waals surface area contributed by atoms with Crippen LogP contribution in [0.25, 0.3) is 0 Å². The standard InChI is InChI=1S/C16H22O5/c1-5-20-14(18)16(15(19)21-6-2)7-11-9(3)13(17)10(4)12(11)8-16/h9,11H,5-8H2,1-4H3/t9-,11-/m0/s1. The Hall–Kier alpha value is -1.65. The predicted octanol–water partition coefficient (Wildman–Crippen LogP) is 2.04. The van der Waals surface area contributed by atoms with E-state index in [1.165, 1.54) is 0 Å². The number of carbonyl (C=O) groups is 3. The van der Waals surface area contributed by atoms with Gasteiger partial charge in [0.05, 0.1) is 13.2 Å². The molecule has 0 bridgehead atoms. The van der Waals surface area contributed by atoms with Crippen molar-refractivity contribution < 1.29 is 23.9 Å². The smallest absolute Gasteiger partial charge is 0.323 e. The molecule has 0 aromatic rings. The molecule has 5 heteroatoms. The highest BCUT2D eigenvalue weighted by Crippen LogP contribution is 2.54. The Balaban J connectivity index is 2.39. The van der Waals surface area contributed by atoms with Crippen LogP contribution in [0.1, 0.15) is 40.5 Å². The minimum Gasteiger partial charge on any atom is -0.465 e. The number of hydrogen-bond acceptors (Lipinski definition) is 5. The number of esters is 2. The van der Waals surface area contributed by atoms with Crippen LogP contribution >= 0.6 is 0 Å². The third kappa shape index (κ3) is 2.28. The molecule has 116 valence electrons. The van der Waals surface area contributed by atoms with Gasteiger partial charge in [0.15, 0.2) is 11.2 Å². The van der Waals surface area contributed by atoms with E-state index in [-0.39, 0.29) is 37.3 Å². The molecule has 2 atom stereocenters. The topological polar surface area (TPSA) is 69.7 Å². The van der Waals surface area contributed by atoms with Gasteiger partial charge in [-0.1, -0.05) is 12.5 Å². The molecule has 0 spiro atoms. The second-order valence-corrected chi connectivity index (χ2v) is 5.81. The van der Waals surface area contributed by atoms with Crippen LogP contribution in [0.5, 0.6) is 0 Å². The molecule has 1 fully saturated rings. The van der Waals surface area contributed by atoms with E-state index in [1.807, 2.05) is 6.92 Å². The maximum absolute atomic E-state index is 12.4. The number of carbonyl (C=O) groups excluding carboxylic acids is 3. The van der Waals surface area contributed by atoms with Crippen LogP contribution in [-0.2, 0) is 23.9 Å². The van der Waals surface area contributed by atoms with Gasteiger partial charge < -0.3 is 9.47 Å². The molecule has 0 aromatic heterocycles. The predicted molar refractivity (Wildman–Crippen MR) is 75.3 cm³/mol. The molecule has 0 saturated heterocycles. The van der Waals surface area contributed by atoms with Crippen molar-refractivity contribution in [2.24, 2.45) is 17.3 Å². The van der Waals surface area contributed by atoms with Gasteiger partial charge in [-0.05, 0) is 45.1 Å². The van der Waals surface area contributed by atoms with Gasteiger partial charge in [0.2, 0.25) is 0 Å². The maximum Gasteiger partial charge on any atom is 0.323 e. The lowest BCUT2D eigenvalue weighted by Crippen LogP contribution is -2.40. The zero-order valence-electron chi connectivity index (χ0n) is 13.0. The lowest BCUT2D eigenvalue weighted by atomic mass is 9.82. The fourth-order valence-electron chi connectivity index (χ4n) is 3.53. The first-order valence-corrected chi connectivity index (χ1v) is 7.47. The number of ketones is 1. The van der Waals surface area contributed by atoms with E-state index in [0.29, 0.717) is 12.0 Å². The first kappa shape index (κ1) is 15.7. The summed E-state index contributed by atoms with van der Waals surface area (Å²) < 4.78 is 10.2. The highest BCUT2D eigenvalue weighted by molar-refractivity contribution is 6.05. The molecule has 1 saturated carbocycles. The molecular weight excluding hydrogens is 272 g/mol. The first-order valence-electron chi connectivity index (χ1n) is 7.47. The minimum atomic E-state index is -1.28. The lowest BCUT2D eigenvalue weighted by molar-refractivity contribution is -0.172. The van der Waals surface area contributed by atoms with E-state index in [9.17, 15) is 14.4 Å². The molecule has 0 unspecified atom stereocenters. The van der Waals surface area contributed by atoms with Crippen LogP contribution in [-0.4, -0.2) is 30.9 Å². The molecule has 0 aliphatic heterocycles. The quantitative estimate of drug-likeness (QED) is 0.586. The molecule has 2 aliphatic carbocycles. The van der Waals surface area contributed by atoms with Gasteiger partial charge in [0.1, 0.15) is 0 Å². The Morgan fingerprint density at radius 2 is 1.71 bits per heavy atom. The highest BCUT2D eigenvalue weighted by atomic mass is 16.6. The van der Waals surface area contributed by atoms with Crippen molar-refractivity contribution in [1.82, 2.24) is 0 Å². The van der Waals surface area contributed by atoms with Crippen LogP contribution in [0.4, 0.5) is 0 Å². The number of ether oxygens (including phenoxy) is 2. The van der Waals surface area contributed by atoms with E-state index < -0.39 is 17.4 Å². The number of rotatable bonds is 4. The van der Waals surface area contributed by atoms with Gasteiger partial charge in [-0.15, -0.1) is 0 Å². The third-order valence-corrected chi connectivity index (χ3v) is 4.71. The van der Waals surface area contributed by atoms with Gasteiger partial charge in [0, 0.05) is 5.92 Å². The number of allylic oxidation sites excluding steroid dienone is 2. The normalized spacial score (nSPS) is 26.8. The van der Waals surface area contributed by atoms with Crippen molar-refractivity contribution in [2.75, 3.05) is 13.2 Å². The molecule has 21 heavy (non-hydrogen) atoms. The zero-order chi connectivity index (χ0) is 15.8. The zero-order valence-corrected chi connectivity index (χ0v) is 13.0. The summed E-state index contributed by atoms with van der Waals surface area (Å²) in [7, 11) is 0. The fourth-order valence-corrected chi connectivity index (χ4v) is 3.53. The maximum atomic E-state index is 12.4. The molecular formula is C16H22O5. The Kier molecular flexibility index (Phi) is 4.21. The lowest BCUT2D eigenvalue weighted by Gasteiger charge is -2.25. The van der Waals surface area contributed by atoms with E-state index >= 15 is 0 Å².